The normalized spacial score (nSPS) is 12.2. The third-order valence-electron chi connectivity index (χ3n) is 5.24. The summed E-state index contributed by atoms with van der Waals surface area (Å²) < 4.78 is 26.2. The molecule has 0 radical (unpaired) electrons. The molecular formula is C23H30ClN3O4S. The Bertz CT molecular complexity index is 1090. The van der Waals surface area contributed by atoms with Gasteiger partial charge < -0.3 is 10.2 Å². The molecule has 0 aliphatic heterocycles. The average molecular weight is 480 g/mol. The first-order valence-corrected chi connectivity index (χ1v) is 12.5. The second kappa shape index (κ2) is 10.8. The number of hydrogen-bond acceptors (Lipinski definition) is 4. The summed E-state index contributed by atoms with van der Waals surface area (Å²) in [6, 6.07) is 11.6. The van der Waals surface area contributed by atoms with Crippen LogP contribution in [0.25, 0.3) is 0 Å². The van der Waals surface area contributed by atoms with E-state index in [9.17, 15) is 18.0 Å². The summed E-state index contributed by atoms with van der Waals surface area (Å²) in [5, 5.41) is 3.09. The van der Waals surface area contributed by atoms with Crippen LogP contribution in [-0.4, -0.2) is 50.5 Å². The van der Waals surface area contributed by atoms with E-state index >= 15 is 0 Å². The second-order valence-corrected chi connectivity index (χ2v) is 10.1. The Labute approximate surface area is 195 Å². The van der Waals surface area contributed by atoms with Crippen molar-refractivity contribution in [3.05, 3.63) is 64.2 Å². The first-order chi connectivity index (χ1) is 15.0. The van der Waals surface area contributed by atoms with Crippen molar-refractivity contribution in [2.24, 2.45) is 0 Å². The van der Waals surface area contributed by atoms with Gasteiger partial charge >= 0.3 is 0 Å². The van der Waals surface area contributed by atoms with Crippen molar-refractivity contribution < 1.29 is 18.0 Å². The van der Waals surface area contributed by atoms with Gasteiger partial charge in [-0.1, -0.05) is 41.9 Å². The van der Waals surface area contributed by atoms with Gasteiger partial charge in [0.2, 0.25) is 21.8 Å². The van der Waals surface area contributed by atoms with Crippen LogP contribution in [0.2, 0.25) is 5.02 Å². The molecule has 2 amide bonds. The van der Waals surface area contributed by atoms with E-state index in [0.29, 0.717) is 22.8 Å². The van der Waals surface area contributed by atoms with Crippen LogP contribution in [-0.2, 0) is 26.2 Å². The molecule has 174 valence electrons. The molecule has 2 aromatic carbocycles. The number of anilines is 1. The third kappa shape index (κ3) is 6.46. The molecule has 0 heterocycles. The number of rotatable bonds is 9. The minimum atomic E-state index is -3.80. The van der Waals surface area contributed by atoms with Crippen LogP contribution < -0.4 is 9.62 Å². The molecule has 2 aromatic rings. The summed E-state index contributed by atoms with van der Waals surface area (Å²) in [6.45, 7) is 7.25. The van der Waals surface area contributed by atoms with E-state index in [4.69, 9.17) is 11.6 Å². The SMILES string of the molecule is CCNC(=O)[C@@H](C)N(Cc1ccccc1C)C(=O)CN(c1cc(Cl)ccc1C)S(C)(=O)=O. The standard InChI is InChI=1S/C23H30ClN3O4S/c1-6-25-23(29)18(4)26(14-19-10-8-7-9-16(19)2)22(28)15-27(32(5,30)31)21-13-20(24)12-11-17(21)3/h7-13,18H,6,14-15H2,1-5H3,(H,25,29)/t18-/m1/s1. The van der Waals surface area contributed by atoms with Crippen molar-refractivity contribution in [3.63, 3.8) is 0 Å². The number of hydrogen-bond donors (Lipinski definition) is 1. The Morgan fingerprint density at radius 1 is 1.09 bits per heavy atom. The maximum Gasteiger partial charge on any atom is 0.244 e. The summed E-state index contributed by atoms with van der Waals surface area (Å²) in [5.41, 5.74) is 2.84. The molecular weight excluding hydrogens is 450 g/mol. The number of sulfonamides is 1. The fourth-order valence-corrected chi connectivity index (χ4v) is 4.39. The summed E-state index contributed by atoms with van der Waals surface area (Å²) in [7, 11) is -3.80. The van der Waals surface area contributed by atoms with E-state index in [1.54, 1.807) is 32.9 Å². The fraction of sp³-hybridized carbons (Fsp3) is 0.391. The molecule has 32 heavy (non-hydrogen) atoms. The number of carbonyl (C=O) groups is 2. The predicted octanol–water partition coefficient (Wildman–Crippen LogP) is 3.28. The lowest BCUT2D eigenvalue weighted by atomic mass is 10.1. The number of benzene rings is 2. The van der Waals surface area contributed by atoms with E-state index in [-0.39, 0.29) is 12.5 Å². The summed E-state index contributed by atoms with van der Waals surface area (Å²) in [6.07, 6.45) is 1.04. The number of nitrogens with one attached hydrogen (secondary N) is 1. The summed E-state index contributed by atoms with van der Waals surface area (Å²) in [5.74, 6) is -0.795. The van der Waals surface area contributed by atoms with Crippen molar-refractivity contribution in [2.45, 2.75) is 40.3 Å². The smallest absolute Gasteiger partial charge is 0.244 e. The Morgan fingerprint density at radius 3 is 2.34 bits per heavy atom. The second-order valence-electron chi connectivity index (χ2n) is 7.72. The highest BCUT2D eigenvalue weighted by Crippen LogP contribution is 2.26. The molecule has 0 fully saturated rings. The zero-order valence-corrected chi connectivity index (χ0v) is 20.6. The Kier molecular flexibility index (Phi) is 8.69. The minimum Gasteiger partial charge on any atom is -0.355 e. The number of aryl methyl sites for hydroxylation is 2. The lowest BCUT2D eigenvalue weighted by Crippen LogP contribution is -2.51. The first-order valence-electron chi connectivity index (χ1n) is 10.3. The summed E-state index contributed by atoms with van der Waals surface area (Å²) >= 11 is 6.09. The van der Waals surface area contributed by atoms with Gasteiger partial charge in [0.1, 0.15) is 12.6 Å². The Balaban J connectivity index is 2.45. The largest absolute Gasteiger partial charge is 0.355 e. The molecule has 0 aliphatic carbocycles. The molecule has 0 saturated heterocycles. The van der Waals surface area contributed by atoms with E-state index < -0.39 is 28.5 Å². The monoisotopic (exact) mass is 479 g/mol. The molecule has 0 unspecified atom stereocenters. The van der Waals surface area contributed by atoms with Crippen LogP contribution in [0.3, 0.4) is 0 Å². The topological polar surface area (TPSA) is 86.8 Å². The van der Waals surface area contributed by atoms with Crippen molar-refractivity contribution >= 4 is 39.1 Å². The zero-order chi connectivity index (χ0) is 24.1. The first kappa shape index (κ1) is 25.7. The highest BCUT2D eigenvalue weighted by molar-refractivity contribution is 7.92. The lowest BCUT2D eigenvalue weighted by Gasteiger charge is -2.32. The van der Waals surface area contributed by atoms with Crippen LogP contribution >= 0.6 is 11.6 Å². The summed E-state index contributed by atoms with van der Waals surface area (Å²) in [4.78, 5) is 27.4. The average Bonchev–Trinajstić information content (AvgIpc) is 2.72. The van der Waals surface area contributed by atoms with Crippen LogP contribution in [0.15, 0.2) is 42.5 Å². The van der Waals surface area contributed by atoms with E-state index in [2.05, 4.69) is 5.32 Å². The van der Waals surface area contributed by atoms with E-state index in [1.165, 1.54) is 11.0 Å². The van der Waals surface area contributed by atoms with Crippen LogP contribution in [0.5, 0.6) is 0 Å². The van der Waals surface area contributed by atoms with Gasteiger partial charge in [0.05, 0.1) is 11.9 Å². The Morgan fingerprint density at radius 2 is 1.75 bits per heavy atom. The number of amides is 2. The van der Waals surface area contributed by atoms with Gasteiger partial charge in [-0.25, -0.2) is 8.42 Å². The van der Waals surface area contributed by atoms with E-state index in [0.717, 1.165) is 21.7 Å². The molecule has 2 rings (SSSR count). The molecule has 1 N–H and O–H groups in total. The van der Waals surface area contributed by atoms with Crippen molar-refractivity contribution in [1.82, 2.24) is 10.2 Å². The highest BCUT2D eigenvalue weighted by atomic mass is 35.5. The molecule has 7 nitrogen and oxygen atoms in total. The maximum atomic E-state index is 13.4. The molecule has 0 aliphatic rings. The number of halogens is 1. The van der Waals surface area contributed by atoms with E-state index in [1.807, 2.05) is 31.2 Å². The van der Waals surface area contributed by atoms with Crippen molar-refractivity contribution in [3.8, 4) is 0 Å². The number of carbonyl (C=O) groups excluding carboxylic acids is 2. The van der Waals surface area contributed by atoms with Gasteiger partial charge in [-0.3, -0.25) is 13.9 Å². The Hall–Kier alpha value is -2.58. The number of nitrogens with zero attached hydrogens (tertiary/aromatic N) is 2. The van der Waals surface area contributed by atoms with Gasteiger partial charge in [0.15, 0.2) is 0 Å². The molecule has 9 heteroatoms. The quantitative estimate of drug-likeness (QED) is 0.598. The highest BCUT2D eigenvalue weighted by Gasteiger charge is 2.30. The molecule has 0 spiro atoms. The van der Waals surface area contributed by atoms with Gasteiger partial charge in [0, 0.05) is 18.1 Å². The van der Waals surface area contributed by atoms with Crippen molar-refractivity contribution in [2.75, 3.05) is 23.7 Å². The van der Waals surface area contributed by atoms with Crippen molar-refractivity contribution in [1.29, 1.82) is 0 Å². The zero-order valence-electron chi connectivity index (χ0n) is 19.1. The third-order valence-corrected chi connectivity index (χ3v) is 6.60. The maximum absolute atomic E-state index is 13.4. The van der Waals surface area contributed by atoms with Gasteiger partial charge in [-0.2, -0.15) is 0 Å². The van der Waals surface area contributed by atoms with Crippen LogP contribution in [0, 0.1) is 13.8 Å². The lowest BCUT2D eigenvalue weighted by molar-refractivity contribution is -0.139. The molecule has 0 aromatic heterocycles. The fourth-order valence-electron chi connectivity index (χ4n) is 3.32. The van der Waals surface area contributed by atoms with Crippen LogP contribution in [0.1, 0.15) is 30.5 Å². The van der Waals surface area contributed by atoms with Crippen LogP contribution in [0.4, 0.5) is 5.69 Å². The molecule has 1 atom stereocenters. The molecule has 0 saturated carbocycles. The number of likely N-dealkylation sites (N-methyl/N-ethyl adjacent to an activating group) is 1. The minimum absolute atomic E-state index is 0.177. The van der Waals surface area contributed by atoms with Gasteiger partial charge in [0.25, 0.3) is 0 Å². The van der Waals surface area contributed by atoms with Gasteiger partial charge in [-0.15, -0.1) is 0 Å². The van der Waals surface area contributed by atoms with Gasteiger partial charge in [-0.05, 0) is 56.5 Å². The predicted molar refractivity (Wildman–Crippen MR) is 128 cm³/mol. The molecule has 0 bridgehead atoms.